The summed E-state index contributed by atoms with van der Waals surface area (Å²) in [6.45, 7) is 3.73. The van der Waals surface area contributed by atoms with E-state index in [2.05, 4.69) is 10.2 Å². The van der Waals surface area contributed by atoms with Crippen molar-refractivity contribution in [1.82, 2.24) is 14.8 Å². The molecule has 0 unspecified atom stereocenters. The van der Waals surface area contributed by atoms with Gasteiger partial charge in [-0.25, -0.2) is 9.13 Å². The van der Waals surface area contributed by atoms with Gasteiger partial charge in [0.1, 0.15) is 11.5 Å². The Labute approximate surface area is 172 Å². The fourth-order valence-corrected chi connectivity index (χ4v) is 4.22. The monoisotopic (exact) mass is 431 g/mol. The van der Waals surface area contributed by atoms with E-state index in [4.69, 9.17) is 4.52 Å². The van der Waals surface area contributed by atoms with Crippen LogP contribution in [0.1, 0.15) is 42.9 Å². The Bertz CT molecular complexity index is 1170. The van der Waals surface area contributed by atoms with E-state index < -0.39 is 7.82 Å². The third kappa shape index (κ3) is 3.79. The predicted octanol–water partition coefficient (Wildman–Crippen LogP) is 3.43. The van der Waals surface area contributed by atoms with Gasteiger partial charge in [0.15, 0.2) is 5.82 Å². The van der Waals surface area contributed by atoms with Crippen LogP contribution in [0.5, 0.6) is 17.5 Å². The van der Waals surface area contributed by atoms with Gasteiger partial charge in [-0.05, 0) is 60.1 Å². The zero-order chi connectivity index (χ0) is 21.6. The summed E-state index contributed by atoms with van der Waals surface area (Å²) < 4.78 is 17.7. The highest BCUT2D eigenvalue weighted by Crippen LogP contribution is 2.46. The van der Waals surface area contributed by atoms with E-state index in [0.717, 1.165) is 25.3 Å². The van der Waals surface area contributed by atoms with E-state index in [1.54, 1.807) is 0 Å². The Morgan fingerprint density at radius 3 is 2.50 bits per heavy atom. The molecule has 1 aromatic heterocycles. The lowest BCUT2D eigenvalue weighted by molar-refractivity contribution is 0.283. The van der Waals surface area contributed by atoms with Gasteiger partial charge >= 0.3 is 13.8 Å². The summed E-state index contributed by atoms with van der Waals surface area (Å²) in [5.74, 6) is -0.376. The summed E-state index contributed by atoms with van der Waals surface area (Å²) in [6.07, 6.45) is 3.01. The molecule has 0 bridgehead atoms. The van der Waals surface area contributed by atoms with Gasteiger partial charge in [-0.1, -0.05) is 25.0 Å². The molecule has 0 fully saturated rings. The molecule has 0 atom stereocenters. The molecule has 30 heavy (non-hydrogen) atoms. The first kappa shape index (κ1) is 20.4. The van der Waals surface area contributed by atoms with E-state index in [1.807, 2.05) is 32.0 Å². The van der Waals surface area contributed by atoms with E-state index >= 15 is 0 Å². The van der Waals surface area contributed by atoms with Gasteiger partial charge in [0.25, 0.3) is 0 Å². The Morgan fingerprint density at radius 2 is 1.80 bits per heavy atom. The van der Waals surface area contributed by atoms with Crippen LogP contribution in [0.4, 0.5) is 0 Å². The van der Waals surface area contributed by atoms with Crippen molar-refractivity contribution in [2.24, 2.45) is 0 Å². The van der Waals surface area contributed by atoms with Crippen LogP contribution >= 0.6 is 7.82 Å². The van der Waals surface area contributed by atoms with Crippen LogP contribution in [0.25, 0.3) is 17.1 Å². The van der Waals surface area contributed by atoms with Gasteiger partial charge in [0.05, 0.1) is 11.3 Å². The summed E-state index contributed by atoms with van der Waals surface area (Å²) in [4.78, 5) is 18.6. The second-order valence-corrected chi connectivity index (χ2v) is 8.77. The maximum atomic E-state index is 11.5. The second-order valence-electron chi connectivity index (χ2n) is 7.61. The van der Waals surface area contributed by atoms with Gasteiger partial charge in [-0.2, -0.15) is 0 Å². The maximum absolute atomic E-state index is 11.5. The first-order valence-electron chi connectivity index (χ1n) is 9.53. The zero-order valence-corrected chi connectivity index (χ0v) is 17.4. The molecule has 0 radical (unpaired) electrons. The summed E-state index contributed by atoms with van der Waals surface area (Å²) in [7, 11) is -4.92. The van der Waals surface area contributed by atoms with E-state index in [0.29, 0.717) is 11.3 Å². The van der Waals surface area contributed by atoms with Crippen molar-refractivity contribution in [1.29, 1.82) is 0 Å². The van der Waals surface area contributed by atoms with Gasteiger partial charge < -0.3 is 14.7 Å². The minimum atomic E-state index is -4.92. The molecule has 0 aliphatic heterocycles. The number of aromatic hydroxyl groups is 2. The van der Waals surface area contributed by atoms with Gasteiger partial charge in [0.2, 0.25) is 0 Å². The summed E-state index contributed by atoms with van der Waals surface area (Å²) in [5.41, 5.74) is 3.77. The van der Waals surface area contributed by atoms with Crippen molar-refractivity contribution in [3.8, 4) is 34.6 Å². The average Bonchev–Trinajstić information content (AvgIpc) is 3.26. The lowest BCUT2D eigenvalue weighted by atomic mass is 9.98. The van der Waals surface area contributed by atoms with Gasteiger partial charge in [-0.15, -0.1) is 5.10 Å². The highest BCUT2D eigenvalue weighted by molar-refractivity contribution is 7.46. The molecule has 158 valence electrons. The number of fused-ring (bicyclic) bond motifs is 1. The number of phenols is 1. The predicted molar refractivity (Wildman–Crippen MR) is 109 cm³/mol. The molecule has 1 aliphatic rings. The number of aromatic nitrogens is 3. The molecule has 0 spiro atoms. The van der Waals surface area contributed by atoms with Crippen molar-refractivity contribution in [3.63, 3.8) is 0 Å². The standard InChI is InChI=1S/C20H22N3O6P/c1-11(2)15-9-16(18(10-17(15)24)29-30(26,27)28)19-21-22-20(25)23(19)14-7-6-12-4-3-5-13(12)8-14/h6-11,24H,3-5H2,1-2H3,(H,22,25)(H2,26,27,28). The van der Waals surface area contributed by atoms with Crippen molar-refractivity contribution >= 4 is 7.82 Å². The second kappa shape index (κ2) is 7.43. The molecule has 3 aromatic rings. The minimum absolute atomic E-state index is 0.0854. The SMILES string of the molecule is CC(C)c1cc(-c2nnc(O)n2-c2ccc3c(c2)CCC3)c(OP(=O)(O)O)cc1O. The summed E-state index contributed by atoms with van der Waals surface area (Å²) in [6, 6.07) is 8.08. The number of benzene rings is 2. The highest BCUT2D eigenvalue weighted by Gasteiger charge is 2.26. The molecule has 1 heterocycles. The molecule has 2 aromatic carbocycles. The van der Waals surface area contributed by atoms with Crippen LogP contribution in [0, 0.1) is 0 Å². The topological polar surface area (TPSA) is 138 Å². The molecule has 9 nitrogen and oxygen atoms in total. The lowest BCUT2D eigenvalue weighted by Gasteiger charge is -2.17. The Morgan fingerprint density at radius 1 is 1.07 bits per heavy atom. The van der Waals surface area contributed by atoms with Crippen LogP contribution in [0.2, 0.25) is 0 Å². The number of rotatable bonds is 5. The minimum Gasteiger partial charge on any atom is -0.508 e. The molecule has 1 aliphatic carbocycles. The van der Waals surface area contributed by atoms with Crippen molar-refractivity contribution in [3.05, 3.63) is 47.0 Å². The van der Waals surface area contributed by atoms with Gasteiger partial charge in [-0.3, -0.25) is 9.79 Å². The van der Waals surface area contributed by atoms with Gasteiger partial charge in [0, 0.05) is 6.07 Å². The van der Waals surface area contributed by atoms with Crippen molar-refractivity contribution in [2.75, 3.05) is 0 Å². The maximum Gasteiger partial charge on any atom is 0.524 e. The van der Waals surface area contributed by atoms with Crippen LogP contribution < -0.4 is 4.52 Å². The Hall–Kier alpha value is -2.87. The number of hydrogen-bond donors (Lipinski definition) is 4. The Kier molecular flexibility index (Phi) is 5.05. The van der Waals surface area contributed by atoms with E-state index in [1.165, 1.54) is 21.8 Å². The number of hydrogen-bond acceptors (Lipinski definition) is 6. The fourth-order valence-electron chi connectivity index (χ4n) is 3.81. The number of phosphoric ester groups is 1. The zero-order valence-electron chi connectivity index (χ0n) is 16.5. The molecular weight excluding hydrogens is 409 g/mol. The smallest absolute Gasteiger partial charge is 0.508 e. The molecular formula is C20H22N3O6P. The van der Waals surface area contributed by atoms with Crippen LogP contribution in [0.15, 0.2) is 30.3 Å². The first-order chi connectivity index (χ1) is 14.1. The van der Waals surface area contributed by atoms with E-state index in [9.17, 15) is 24.6 Å². The largest absolute Gasteiger partial charge is 0.524 e. The quantitative estimate of drug-likeness (QED) is 0.451. The molecule has 0 amide bonds. The third-order valence-electron chi connectivity index (χ3n) is 5.20. The molecule has 0 saturated carbocycles. The van der Waals surface area contributed by atoms with Crippen molar-refractivity contribution < 1.29 is 29.1 Å². The highest BCUT2D eigenvalue weighted by atomic mass is 31.2. The van der Waals surface area contributed by atoms with E-state index in [-0.39, 0.29) is 34.8 Å². The third-order valence-corrected chi connectivity index (χ3v) is 5.63. The number of phenolic OH excluding ortho intramolecular Hbond substituents is 1. The fraction of sp³-hybridized carbons (Fsp3) is 0.300. The number of phosphoric acid groups is 1. The Balaban J connectivity index is 1.93. The molecule has 4 N–H and O–H groups in total. The summed E-state index contributed by atoms with van der Waals surface area (Å²) >= 11 is 0. The molecule has 0 saturated heterocycles. The van der Waals surface area contributed by atoms with Crippen LogP contribution in [0.3, 0.4) is 0 Å². The first-order valence-corrected chi connectivity index (χ1v) is 11.1. The van der Waals surface area contributed by atoms with Crippen LogP contribution in [-0.2, 0) is 17.4 Å². The lowest BCUT2D eigenvalue weighted by Crippen LogP contribution is -2.02. The number of aryl methyl sites for hydroxylation is 2. The summed E-state index contributed by atoms with van der Waals surface area (Å²) in [5, 5.41) is 28.5. The number of nitrogens with zero attached hydrogens (tertiary/aromatic N) is 3. The average molecular weight is 431 g/mol. The van der Waals surface area contributed by atoms with Crippen molar-refractivity contribution in [2.45, 2.75) is 39.0 Å². The molecule has 10 heteroatoms. The normalized spacial score (nSPS) is 13.6. The van der Waals surface area contributed by atoms with Crippen LogP contribution in [-0.4, -0.2) is 34.8 Å². The molecule has 4 rings (SSSR count).